The maximum Gasteiger partial charge on any atom is 0.270 e. The first-order chi connectivity index (χ1) is 9.43. The molecule has 0 radical (unpaired) electrons. The van der Waals surface area contributed by atoms with Gasteiger partial charge in [0.1, 0.15) is 5.75 Å². The highest BCUT2D eigenvalue weighted by atomic mass is 16.5. The number of aliphatic hydroxyl groups is 1. The largest absolute Gasteiger partial charge is 0.493 e. The molecule has 5 heteroatoms. The molecule has 0 saturated carbocycles. The quantitative estimate of drug-likeness (QED) is 0.895. The molecular formula is C15H18N2O3. The molecular weight excluding hydrogens is 256 g/mol. The van der Waals surface area contributed by atoms with Crippen LogP contribution in [0.5, 0.6) is 5.75 Å². The Morgan fingerprint density at radius 2 is 2.05 bits per heavy atom. The second-order valence-corrected chi connectivity index (χ2v) is 4.98. The number of hydrogen-bond acceptors (Lipinski definition) is 4. The van der Waals surface area contributed by atoms with Gasteiger partial charge in [0.25, 0.3) is 5.56 Å². The molecule has 1 aromatic heterocycles. The first-order valence-electron chi connectivity index (χ1n) is 6.48. The maximum atomic E-state index is 11.8. The van der Waals surface area contributed by atoms with E-state index in [9.17, 15) is 9.90 Å². The Balaban J connectivity index is 2.57. The number of para-hydroxylation sites is 1. The molecule has 0 atom stereocenters. The Bertz CT molecular complexity index is 657. The normalized spacial score (nSPS) is 11.4. The number of H-pyrrole nitrogens is 1. The minimum Gasteiger partial charge on any atom is -0.493 e. The van der Waals surface area contributed by atoms with Crippen LogP contribution in [0.15, 0.2) is 35.1 Å². The summed E-state index contributed by atoms with van der Waals surface area (Å²) in [5, 5.41) is 16.5. The Morgan fingerprint density at radius 3 is 2.70 bits per heavy atom. The number of ether oxygens (including phenoxy) is 1. The predicted molar refractivity (Wildman–Crippen MR) is 76.7 cm³/mol. The van der Waals surface area contributed by atoms with Crippen molar-refractivity contribution in [1.82, 2.24) is 10.2 Å². The van der Waals surface area contributed by atoms with E-state index in [0.29, 0.717) is 18.1 Å². The van der Waals surface area contributed by atoms with E-state index in [0.717, 1.165) is 5.56 Å². The van der Waals surface area contributed by atoms with Crippen molar-refractivity contribution >= 4 is 0 Å². The van der Waals surface area contributed by atoms with Gasteiger partial charge in [0.05, 0.1) is 23.5 Å². The molecule has 0 bridgehead atoms. The van der Waals surface area contributed by atoms with Gasteiger partial charge in [-0.1, -0.05) is 12.1 Å². The lowest BCUT2D eigenvalue weighted by atomic mass is 9.98. The second-order valence-electron chi connectivity index (χ2n) is 4.98. The molecule has 0 spiro atoms. The van der Waals surface area contributed by atoms with Crippen LogP contribution in [-0.2, 0) is 5.60 Å². The molecule has 1 heterocycles. The van der Waals surface area contributed by atoms with Crippen LogP contribution in [0.3, 0.4) is 0 Å². The summed E-state index contributed by atoms with van der Waals surface area (Å²) in [6, 6.07) is 9.04. The maximum absolute atomic E-state index is 11.8. The van der Waals surface area contributed by atoms with Gasteiger partial charge in [0.15, 0.2) is 0 Å². The lowest BCUT2D eigenvalue weighted by Crippen LogP contribution is -2.27. The van der Waals surface area contributed by atoms with E-state index in [1.807, 2.05) is 31.2 Å². The summed E-state index contributed by atoms with van der Waals surface area (Å²) in [6.45, 7) is 5.57. The second kappa shape index (κ2) is 5.46. The number of aromatic amines is 1. The smallest absolute Gasteiger partial charge is 0.270 e. The van der Waals surface area contributed by atoms with Crippen LogP contribution in [0.1, 0.15) is 26.3 Å². The van der Waals surface area contributed by atoms with Crippen LogP contribution < -0.4 is 10.3 Å². The lowest BCUT2D eigenvalue weighted by molar-refractivity contribution is 0.0769. The van der Waals surface area contributed by atoms with Crippen molar-refractivity contribution in [2.24, 2.45) is 0 Å². The number of nitrogens with zero attached hydrogens (tertiary/aromatic N) is 1. The molecule has 2 aromatic rings. The van der Waals surface area contributed by atoms with E-state index >= 15 is 0 Å². The summed E-state index contributed by atoms with van der Waals surface area (Å²) in [7, 11) is 0. The molecule has 0 aliphatic rings. The SMILES string of the molecule is CCOc1ccccc1-c1cc(C(C)(C)O)c(=O)[nH]n1. The molecule has 0 aliphatic carbocycles. The summed E-state index contributed by atoms with van der Waals surface area (Å²) in [5.74, 6) is 0.691. The van der Waals surface area contributed by atoms with Crippen molar-refractivity contribution in [3.63, 3.8) is 0 Å². The van der Waals surface area contributed by atoms with Crippen LogP contribution in [0.2, 0.25) is 0 Å². The monoisotopic (exact) mass is 274 g/mol. The summed E-state index contributed by atoms with van der Waals surface area (Å²) in [5.41, 5.74) is -0.0166. The number of benzene rings is 1. The molecule has 5 nitrogen and oxygen atoms in total. The Labute approximate surface area is 117 Å². The van der Waals surface area contributed by atoms with Gasteiger partial charge in [-0.2, -0.15) is 5.10 Å². The van der Waals surface area contributed by atoms with E-state index < -0.39 is 11.2 Å². The highest BCUT2D eigenvalue weighted by Gasteiger charge is 2.21. The fourth-order valence-corrected chi connectivity index (χ4v) is 1.96. The first kappa shape index (κ1) is 14.3. The molecule has 0 amide bonds. The van der Waals surface area contributed by atoms with Crippen molar-refractivity contribution < 1.29 is 9.84 Å². The van der Waals surface area contributed by atoms with Crippen LogP contribution in [0.25, 0.3) is 11.3 Å². The van der Waals surface area contributed by atoms with Crippen LogP contribution in [-0.4, -0.2) is 21.9 Å². The highest BCUT2D eigenvalue weighted by molar-refractivity contribution is 5.67. The van der Waals surface area contributed by atoms with Crippen molar-refractivity contribution in [1.29, 1.82) is 0 Å². The van der Waals surface area contributed by atoms with Crippen molar-refractivity contribution in [3.8, 4) is 17.0 Å². The fourth-order valence-electron chi connectivity index (χ4n) is 1.96. The number of aromatic nitrogens is 2. The van der Waals surface area contributed by atoms with E-state index in [-0.39, 0.29) is 5.56 Å². The average molecular weight is 274 g/mol. The molecule has 0 unspecified atom stereocenters. The highest BCUT2D eigenvalue weighted by Crippen LogP contribution is 2.29. The van der Waals surface area contributed by atoms with Gasteiger partial charge < -0.3 is 9.84 Å². The molecule has 20 heavy (non-hydrogen) atoms. The van der Waals surface area contributed by atoms with Gasteiger partial charge in [-0.3, -0.25) is 4.79 Å². The third-order valence-corrected chi connectivity index (χ3v) is 2.93. The number of rotatable bonds is 4. The van der Waals surface area contributed by atoms with Gasteiger partial charge in [-0.25, -0.2) is 5.10 Å². The Hall–Kier alpha value is -2.14. The Kier molecular flexibility index (Phi) is 3.90. The average Bonchev–Trinajstić information content (AvgIpc) is 2.39. The molecule has 2 rings (SSSR count). The minimum atomic E-state index is -1.23. The van der Waals surface area contributed by atoms with E-state index in [4.69, 9.17) is 4.74 Å². The van der Waals surface area contributed by atoms with Crippen LogP contribution >= 0.6 is 0 Å². The lowest BCUT2D eigenvalue weighted by Gasteiger charge is -2.17. The predicted octanol–water partition coefficient (Wildman–Crippen LogP) is 2.06. The van der Waals surface area contributed by atoms with Crippen molar-refractivity contribution in [3.05, 3.63) is 46.2 Å². The first-order valence-corrected chi connectivity index (χ1v) is 6.48. The molecule has 106 valence electrons. The van der Waals surface area contributed by atoms with Gasteiger partial charge in [-0.15, -0.1) is 0 Å². The van der Waals surface area contributed by atoms with Gasteiger partial charge >= 0.3 is 0 Å². The van der Waals surface area contributed by atoms with Crippen molar-refractivity contribution in [2.45, 2.75) is 26.4 Å². The van der Waals surface area contributed by atoms with E-state index in [1.54, 1.807) is 19.9 Å². The zero-order valence-corrected chi connectivity index (χ0v) is 11.8. The zero-order valence-electron chi connectivity index (χ0n) is 11.8. The third-order valence-electron chi connectivity index (χ3n) is 2.93. The minimum absolute atomic E-state index is 0.272. The van der Waals surface area contributed by atoms with Gasteiger partial charge in [0.2, 0.25) is 0 Å². The third kappa shape index (κ3) is 2.88. The van der Waals surface area contributed by atoms with Crippen molar-refractivity contribution in [2.75, 3.05) is 6.61 Å². The molecule has 0 aliphatic heterocycles. The summed E-state index contributed by atoms with van der Waals surface area (Å²) in [4.78, 5) is 11.8. The standard InChI is InChI=1S/C15H18N2O3/c1-4-20-13-8-6-5-7-10(13)12-9-11(15(2,3)19)14(18)17-16-12/h5-9,19H,4H2,1-3H3,(H,17,18). The molecule has 0 fully saturated rings. The van der Waals surface area contributed by atoms with Gasteiger partial charge in [-0.05, 0) is 39.0 Å². The van der Waals surface area contributed by atoms with Crippen LogP contribution in [0, 0.1) is 0 Å². The Morgan fingerprint density at radius 1 is 1.35 bits per heavy atom. The molecule has 1 aromatic carbocycles. The number of hydrogen-bond donors (Lipinski definition) is 2. The topological polar surface area (TPSA) is 75.2 Å². The summed E-state index contributed by atoms with van der Waals surface area (Å²) in [6.07, 6.45) is 0. The van der Waals surface area contributed by atoms with Gasteiger partial charge in [0, 0.05) is 5.56 Å². The van der Waals surface area contributed by atoms with E-state index in [2.05, 4.69) is 10.2 Å². The molecule has 0 saturated heterocycles. The van der Waals surface area contributed by atoms with E-state index in [1.165, 1.54) is 0 Å². The summed E-state index contributed by atoms with van der Waals surface area (Å²) < 4.78 is 5.55. The zero-order chi connectivity index (χ0) is 14.8. The fraction of sp³-hybridized carbons (Fsp3) is 0.333. The number of nitrogens with one attached hydrogen (secondary N) is 1. The molecule has 2 N–H and O–H groups in total. The van der Waals surface area contributed by atoms with Crippen LogP contribution in [0.4, 0.5) is 0 Å². The summed E-state index contributed by atoms with van der Waals surface area (Å²) >= 11 is 0.